The Morgan fingerprint density at radius 3 is 2.61 bits per heavy atom. The summed E-state index contributed by atoms with van der Waals surface area (Å²) < 4.78 is 7.15. The number of para-hydroxylation sites is 2. The molecule has 2 aromatic heterocycles. The van der Waals surface area contributed by atoms with E-state index in [4.69, 9.17) is 4.42 Å². The van der Waals surface area contributed by atoms with Gasteiger partial charge in [0.2, 0.25) is 0 Å². The minimum absolute atomic E-state index is 0.250. The van der Waals surface area contributed by atoms with Crippen molar-refractivity contribution in [2.45, 2.75) is 19.4 Å². The molecule has 2 aliphatic heterocycles. The zero-order valence-corrected chi connectivity index (χ0v) is 18.0. The lowest BCUT2D eigenvalue weighted by atomic mass is 9.97. The molecule has 4 heterocycles. The molecule has 0 bridgehead atoms. The van der Waals surface area contributed by atoms with Crippen molar-refractivity contribution in [1.82, 2.24) is 19.4 Å². The van der Waals surface area contributed by atoms with Crippen molar-refractivity contribution in [3.05, 3.63) is 59.2 Å². The number of anilines is 1. The zero-order chi connectivity index (χ0) is 21.0. The molecule has 0 aliphatic carbocycles. The summed E-state index contributed by atoms with van der Waals surface area (Å²) in [5.74, 6) is 1.54. The van der Waals surface area contributed by atoms with Gasteiger partial charge in [-0.3, -0.25) is 9.47 Å². The van der Waals surface area contributed by atoms with Crippen LogP contribution in [0.3, 0.4) is 0 Å². The van der Waals surface area contributed by atoms with Crippen LogP contribution in [0.15, 0.2) is 57.9 Å². The third kappa shape index (κ3) is 4.67. The van der Waals surface area contributed by atoms with Gasteiger partial charge in [0.1, 0.15) is 5.82 Å². The summed E-state index contributed by atoms with van der Waals surface area (Å²) in [5.41, 5.74) is 1.57. The van der Waals surface area contributed by atoms with Gasteiger partial charge in [-0.2, -0.15) is 0 Å². The molecule has 2 aliphatic rings. The summed E-state index contributed by atoms with van der Waals surface area (Å²) in [6.45, 7) is 9.28. The van der Waals surface area contributed by atoms with Crippen LogP contribution in [0.1, 0.15) is 12.8 Å². The van der Waals surface area contributed by atoms with E-state index in [2.05, 4.69) is 31.8 Å². The summed E-state index contributed by atoms with van der Waals surface area (Å²) in [7, 11) is 0. The number of pyridine rings is 1. The number of piperidine rings is 1. The number of hydrogen-bond donors (Lipinski definition) is 0. The Bertz CT molecular complexity index is 1040. The average Bonchev–Trinajstić information content (AvgIpc) is 3.14. The second-order valence-corrected chi connectivity index (χ2v) is 8.77. The molecule has 1 atom stereocenters. The number of nitrogens with zero attached hydrogens (tertiary/aromatic N) is 5. The van der Waals surface area contributed by atoms with Crippen LogP contribution in [-0.4, -0.2) is 71.7 Å². The highest BCUT2D eigenvalue weighted by Crippen LogP contribution is 2.20. The van der Waals surface area contributed by atoms with Crippen LogP contribution < -0.4 is 10.7 Å². The maximum absolute atomic E-state index is 12.2. The van der Waals surface area contributed by atoms with Crippen LogP contribution in [-0.2, 0) is 6.54 Å². The van der Waals surface area contributed by atoms with E-state index in [1.54, 1.807) is 4.57 Å². The van der Waals surface area contributed by atoms with Gasteiger partial charge in [0, 0.05) is 58.6 Å². The van der Waals surface area contributed by atoms with E-state index >= 15 is 0 Å². The lowest BCUT2D eigenvalue weighted by Crippen LogP contribution is -2.50. The van der Waals surface area contributed by atoms with E-state index in [-0.39, 0.29) is 5.76 Å². The van der Waals surface area contributed by atoms with Crippen LogP contribution in [0.2, 0.25) is 0 Å². The number of oxazole rings is 1. The van der Waals surface area contributed by atoms with Crippen molar-refractivity contribution < 1.29 is 4.42 Å². The number of likely N-dealkylation sites (tertiary alicyclic amines) is 1. The Morgan fingerprint density at radius 1 is 0.935 bits per heavy atom. The largest absolute Gasteiger partial charge is 0.419 e. The fraction of sp³-hybridized carbons (Fsp3) is 0.500. The van der Waals surface area contributed by atoms with E-state index in [1.807, 2.05) is 36.5 Å². The maximum Gasteiger partial charge on any atom is 0.419 e. The van der Waals surface area contributed by atoms with Crippen LogP contribution in [0, 0.1) is 5.92 Å². The van der Waals surface area contributed by atoms with Gasteiger partial charge in [0.25, 0.3) is 0 Å². The summed E-state index contributed by atoms with van der Waals surface area (Å²) in [6.07, 6.45) is 4.41. The molecule has 2 fully saturated rings. The van der Waals surface area contributed by atoms with Crippen molar-refractivity contribution in [3.63, 3.8) is 0 Å². The molecule has 31 heavy (non-hydrogen) atoms. The van der Waals surface area contributed by atoms with Gasteiger partial charge in [-0.1, -0.05) is 18.2 Å². The van der Waals surface area contributed by atoms with Gasteiger partial charge < -0.3 is 14.2 Å². The van der Waals surface area contributed by atoms with E-state index < -0.39 is 0 Å². The number of fused-ring (bicyclic) bond motifs is 1. The Labute approximate surface area is 182 Å². The number of aromatic nitrogens is 2. The smallest absolute Gasteiger partial charge is 0.408 e. The predicted molar refractivity (Wildman–Crippen MR) is 123 cm³/mol. The third-order valence-electron chi connectivity index (χ3n) is 6.68. The fourth-order valence-corrected chi connectivity index (χ4v) is 5.04. The first-order valence-corrected chi connectivity index (χ1v) is 11.5. The predicted octanol–water partition coefficient (Wildman–Crippen LogP) is 2.52. The highest BCUT2D eigenvalue weighted by Gasteiger charge is 2.25. The van der Waals surface area contributed by atoms with E-state index in [0.717, 1.165) is 57.1 Å². The van der Waals surface area contributed by atoms with Crippen molar-refractivity contribution >= 4 is 16.9 Å². The van der Waals surface area contributed by atoms with E-state index in [1.165, 1.54) is 19.4 Å². The Kier molecular flexibility index (Phi) is 6.04. The summed E-state index contributed by atoms with van der Waals surface area (Å²) in [6, 6.07) is 13.8. The second kappa shape index (κ2) is 9.24. The lowest BCUT2D eigenvalue weighted by Gasteiger charge is -2.39. The van der Waals surface area contributed by atoms with Crippen LogP contribution >= 0.6 is 0 Å². The van der Waals surface area contributed by atoms with Crippen LogP contribution in [0.5, 0.6) is 0 Å². The quantitative estimate of drug-likeness (QED) is 0.610. The standard InChI is InChI=1S/C24H31N5O2/c30-24-29(21-7-1-2-8-22(21)31-24)17-14-26-11-5-6-20(18-26)19-27-12-15-28(16-13-27)23-9-3-4-10-25-23/h1-4,7-10,20H,5-6,11-19H2. The molecule has 164 valence electrons. The van der Waals surface area contributed by atoms with E-state index in [9.17, 15) is 4.79 Å². The molecular formula is C24H31N5O2. The number of benzene rings is 1. The molecule has 7 nitrogen and oxygen atoms in total. The highest BCUT2D eigenvalue weighted by atomic mass is 16.4. The molecular weight excluding hydrogens is 390 g/mol. The third-order valence-corrected chi connectivity index (χ3v) is 6.68. The minimum atomic E-state index is -0.250. The first-order valence-electron chi connectivity index (χ1n) is 11.5. The Hall–Kier alpha value is -2.64. The molecule has 3 aromatic rings. The monoisotopic (exact) mass is 421 g/mol. The van der Waals surface area contributed by atoms with Crippen molar-refractivity contribution in [3.8, 4) is 0 Å². The molecule has 7 heteroatoms. The molecule has 2 saturated heterocycles. The average molecular weight is 422 g/mol. The van der Waals surface area contributed by atoms with Gasteiger partial charge >= 0.3 is 5.76 Å². The molecule has 0 spiro atoms. The number of hydrogen-bond acceptors (Lipinski definition) is 6. The molecule has 0 saturated carbocycles. The number of piperazine rings is 1. The minimum Gasteiger partial charge on any atom is -0.408 e. The van der Waals surface area contributed by atoms with Crippen molar-refractivity contribution in [2.75, 3.05) is 57.3 Å². The molecule has 1 aromatic carbocycles. The molecule has 1 unspecified atom stereocenters. The van der Waals surface area contributed by atoms with Crippen molar-refractivity contribution in [1.29, 1.82) is 0 Å². The highest BCUT2D eigenvalue weighted by molar-refractivity contribution is 5.72. The number of rotatable bonds is 6. The van der Waals surface area contributed by atoms with Crippen molar-refractivity contribution in [2.24, 2.45) is 5.92 Å². The molecule has 0 N–H and O–H groups in total. The lowest BCUT2D eigenvalue weighted by molar-refractivity contribution is 0.126. The van der Waals surface area contributed by atoms with Crippen LogP contribution in [0.4, 0.5) is 5.82 Å². The van der Waals surface area contributed by atoms with Crippen LogP contribution in [0.25, 0.3) is 11.1 Å². The van der Waals surface area contributed by atoms with Gasteiger partial charge in [-0.25, -0.2) is 9.78 Å². The van der Waals surface area contributed by atoms with Gasteiger partial charge in [0.05, 0.1) is 5.52 Å². The normalized spacial score (nSPS) is 21.0. The molecule has 5 rings (SSSR count). The molecule has 0 amide bonds. The first kappa shape index (κ1) is 20.3. The van der Waals surface area contributed by atoms with E-state index in [0.29, 0.717) is 18.0 Å². The summed E-state index contributed by atoms with van der Waals surface area (Å²) in [4.78, 5) is 24.2. The Balaban J connectivity index is 1.12. The molecule has 0 radical (unpaired) electrons. The summed E-state index contributed by atoms with van der Waals surface area (Å²) >= 11 is 0. The van der Waals surface area contributed by atoms with Gasteiger partial charge in [-0.15, -0.1) is 0 Å². The summed E-state index contributed by atoms with van der Waals surface area (Å²) in [5, 5.41) is 0. The maximum atomic E-state index is 12.2. The fourth-order valence-electron chi connectivity index (χ4n) is 5.04. The topological polar surface area (TPSA) is 57.8 Å². The Morgan fingerprint density at radius 2 is 1.77 bits per heavy atom. The van der Waals surface area contributed by atoms with Gasteiger partial charge in [-0.05, 0) is 49.6 Å². The second-order valence-electron chi connectivity index (χ2n) is 8.77. The zero-order valence-electron chi connectivity index (χ0n) is 18.0. The van der Waals surface area contributed by atoms with Gasteiger partial charge in [0.15, 0.2) is 5.58 Å². The SMILES string of the molecule is O=c1oc2ccccc2n1CCN1CCCC(CN2CCN(c3ccccn3)CC2)C1. The first-order chi connectivity index (χ1) is 15.3.